The zero-order valence-corrected chi connectivity index (χ0v) is 34.1. The highest BCUT2D eigenvalue weighted by Gasteiger charge is 2.20. The zero-order valence-electron chi connectivity index (χ0n) is 34.1. The van der Waals surface area contributed by atoms with Crippen molar-refractivity contribution in [1.29, 1.82) is 0 Å². The molecule has 0 unspecified atom stereocenters. The normalized spacial score (nSPS) is 11.2. The van der Waals surface area contributed by atoms with Gasteiger partial charge in [0.15, 0.2) is 0 Å². The van der Waals surface area contributed by atoms with Crippen LogP contribution >= 0.6 is 0 Å². The van der Waals surface area contributed by atoms with E-state index < -0.39 is 0 Å². The molecule has 1 heterocycles. The number of benzene rings is 10. The number of aromatic nitrogens is 1. The van der Waals surface area contributed by atoms with Gasteiger partial charge in [-0.1, -0.05) is 206 Å². The summed E-state index contributed by atoms with van der Waals surface area (Å²) in [5.74, 6) is 0. The van der Waals surface area contributed by atoms with Gasteiger partial charge in [-0.3, -0.25) is 0 Å². The predicted octanol–water partition coefficient (Wildman–Crippen LogP) is 16.6. The van der Waals surface area contributed by atoms with E-state index in [9.17, 15) is 0 Å². The maximum Gasteiger partial charge on any atom is 0.0541 e. The fraction of sp³-hybridized carbons (Fsp3) is 0. The molecule has 0 amide bonds. The first-order chi connectivity index (χ1) is 30.8. The van der Waals surface area contributed by atoms with Crippen LogP contribution in [0.3, 0.4) is 0 Å². The van der Waals surface area contributed by atoms with E-state index in [0.717, 1.165) is 28.2 Å². The number of fused-ring (bicyclic) bond motifs is 3. The lowest BCUT2D eigenvalue weighted by molar-refractivity contribution is 1.18. The van der Waals surface area contributed by atoms with Gasteiger partial charge < -0.3 is 9.47 Å². The third-order valence-electron chi connectivity index (χ3n) is 12.0. The van der Waals surface area contributed by atoms with Crippen molar-refractivity contribution in [2.24, 2.45) is 0 Å². The Morgan fingerprint density at radius 3 is 1.39 bits per heavy atom. The van der Waals surface area contributed by atoms with E-state index in [1.165, 1.54) is 72.0 Å². The van der Waals surface area contributed by atoms with E-state index in [0.29, 0.717) is 0 Å². The molecule has 0 aliphatic heterocycles. The highest BCUT2D eigenvalue weighted by Crippen LogP contribution is 2.45. The first-order valence-electron chi connectivity index (χ1n) is 21.3. The molecule has 0 fully saturated rings. The highest BCUT2D eigenvalue weighted by molar-refractivity contribution is 6.09. The fourth-order valence-corrected chi connectivity index (χ4v) is 9.11. The van der Waals surface area contributed by atoms with Gasteiger partial charge >= 0.3 is 0 Å². The van der Waals surface area contributed by atoms with Crippen LogP contribution in [0.25, 0.3) is 83.1 Å². The summed E-state index contributed by atoms with van der Waals surface area (Å²) >= 11 is 0. The van der Waals surface area contributed by atoms with Gasteiger partial charge in [-0.15, -0.1) is 0 Å². The van der Waals surface area contributed by atoms with Gasteiger partial charge in [0.05, 0.1) is 22.4 Å². The molecule has 10 aromatic carbocycles. The second kappa shape index (κ2) is 16.1. The summed E-state index contributed by atoms with van der Waals surface area (Å²) in [6.07, 6.45) is 0. The molecule has 0 bridgehead atoms. The molecule has 0 aliphatic rings. The second-order valence-corrected chi connectivity index (χ2v) is 15.7. The lowest BCUT2D eigenvalue weighted by Gasteiger charge is -2.29. The molecule has 62 heavy (non-hydrogen) atoms. The summed E-state index contributed by atoms with van der Waals surface area (Å²) in [5, 5.41) is 2.53. The highest BCUT2D eigenvalue weighted by atomic mass is 15.1. The summed E-state index contributed by atoms with van der Waals surface area (Å²) in [4.78, 5) is 2.40. The minimum Gasteiger partial charge on any atom is -0.310 e. The first-order valence-corrected chi connectivity index (χ1v) is 21.3. The van der Waals surface area contributed by atoms with Crippen LogP contribution in [0.2, 0.25) is 0 Å². The lowest BCUT2D eigenvalue weighted by atomic mass is 9.93. The van der Waals surface area contributed by atoms with Gasteiger partial charge in [0.1, 0.15) is 0 Å². The fourth-order valence-electron chi connectivity index (χ4n) is 9.11. The van der Waals surface area contributed by atoms with Crippen LogP contribution < -0.4 is 4.90 Å². The average molecular weight is 791 g/mol. The van der Waals surface area contributed by atoms with E-state index in [1.807, 2.05) is 0 Å². The third kappa shape index (κ3) is 6.74. The molecule has 0 radical (unpaired) electrons. The van der Waals surface area contributed by atoms with Gasteiger partial charge in [0, 0.05) is 33.3 Å². The lowest BCUT2D eigenvalue weighted by Crippen LogP contribution is -2.11. The Morgan fingerprint density at radius 1 is 0.258 bits per heavy atom. The smallest absolute Gasteiger partial charge is 0.0541 e. The van der Waals surface area contributed by atoms with E-state index in [1.54, 1.807) is 0 Å². The Hall–Kier alpha value is -8.20. The Balaban J connectivity index is 0.983. The zero-order chi connectivity index (χ0) is 41.2. The number of hydrogen-bond acceptors (Lipinski definition) is 1. The molecule has 0 saturated carbocycles. The summed E-state index contributed by atoms with van der Waals surface area (Å²) in [6.45, 7) is 0. The molecule has 2 nitrogen and oxygen atoms in total. The standard InChI is InChI=1S/C60H42N2/c1-3-18-43(19-4-1)48-22-17-23-50(42-48)61(58-31-14-10-27-54(58)53-26-8-7-24-51(53)46-20-5-2-6-21-46)49-40-38-45(39-41-49)44-34-36-47(37-35-44)52-25-9-13-30-57(52)62-59-32-15-11-28-55(59)56-29-12-16-33-60(56)62/h1-42H. The van der Waals surface area contributed by atoms with Crippen LogP contribution in [0.15, 0.2) is 255 Å². The molecule has 0 saturated heterocycles. The largest absolute Gasteiger partial charge is 0.310 e. The molecule has 0 aliphatic carbocycles. The van der Waals surface area contributed by atoms with Crippen molar-refractivity contribution in [1.82, 2.24) is 4.57 Å². The number of nitrogens with zero attached hydrogens (tertiary/aromatic N) is 2. The van der Waals surface area contributed by atoms with Gasteiger partial charge in [-0.25, -0.2) is 0 Å². The van der Waals surface area contributed by atoms with Crippen molar-refractivity contribution in [2.45, 2.75) is 0 Å². The molecule has 1 aromatic heterocycles. The summed E-state index contributed by atoms with van der Waals surface area (Å²) < 4.78 is 2.41. The molecular weight excluding hydrogens is 749 g/mol. The van der Waals surface area contributed by atoms with Crippen LogP contribution in [0.5, 0.6) is 0 Å². The van der Waals surface area contributed by atoms with E-state index in [-0.39, 0.29) is 0 Å². The molecule has 11 rings (SSSR count). The maximum atomic E-state index is 2.41. The van der Waals surface area contributed by atoms with Crippen LogP contribution in [0.1, 0.15) is 0 Å². The summed E-state index contributed by atoms with van der Waals surface area (Å²) in [6, 6.07) is 92.0. The Bertz CT molecular complexity index is 3270. The van der Waals surface area contributed by atoms with Crippen LogP contribution in [0.4, 0.5) is 17.1 Å². The number of anilines is 3. The van der Waals surface area contributed by atoms with Crippen molar-refractivity contribution in [2.75, 3.05) is 4.90 Å². The van der Waals surface area contributed by atoms with Crippen molar-refractivity contribution < 1.29 is 0 Å². The Morgan fingerprint density at radius 2 is 0.710 bits per heavy atom. The monoisotopic (exact) mass is 790 g/mol. The molecule has 292 valence electrons. The predicted molar refractivity (Wildman–Crippen MR) is 263 cm³/mol. The van der Waals surface area contributed by atoms with E-state index in [4.69, 9.17) is 0 Å². The first kappa shape index (κ1) is 36.8. The molecule has 11 aromatic rings. The van der Waals surface area contributed by atoms with E-state index >= 15 is 0 Å². The maximum absolute atomic E-state index is 2.41. The molecule has 0 spiro atoms. The van der Waals surface area contributed by atoms with Crippen LogP contribution in [0, 0.1) is 0 Å². The minimum absolute atomic E-state index is 1.08. The topological polar surface area (TPSA) is 8.17 Å². The quantitative estimate of drug-likeness (QED) is 0.141. The van der Waals surface area contributed by atoms with Gasteiger partial charge in [0.25, 0.3) is 0 Å². The second-order valence-electron chi connectivity index (χ2n) is 15.7. The molecule has 0 atom stereocenters. The Labute approximate surface area is 362 Å². The van der Waals surface area contributed by atoms with Crippen LogP contribution in [-0.2, 0) is 0 Å². The van der Waals surface area contributed by atoms with Gasteiger partial charge in [-0.2, -0.15) is 0 Å². The number of para-hydroxylation sites is 4. The van der Waals surface area contributed by atoms with Gasteiger partial charge in [0.2, 0.25) is 0 Å². The third-order valence-corrected chi connectivity index (χ3v) is 12.0. The molecular formula is C60H42N2. The van der Waals surface area contributed by atoms with Gasteiger partial charge in [-0.05, 0) is 93.0 Å². The molecule has 0 N–H and O–H groups in total. The van der Waals surface area contributed by atoms with Crippen molar-refractivity contribution in [3.05, 3.63) is 255 Å². The summed E-state index contributed by atoms with van der Waals surface area (Å²) in [5.41, 5.74) is 18.7. The minimum atomic E-state index is 1.08. The Kier molecular flexibility index (Phi) is 9.57. The van der Waals surface area contributed by atoms with Crippen molar-refractivity contribution in [3.63, 3.8) is 0 Å². The SMILES string of the molecule is c1ccc(-c2cccc(N(c3ccc(-c4ccc(-c5ccccc5-n5c6ccccc6c6ccccc65)cc4)cc3)c3ccccc3-c3ccccc3-c3ccccc3)c2)cc1. The number of rotatable bonds is 9. The molecule has 2 heteroatoms. The summed E-state index contributed by atoms with van der Waals surface area (Å²) in [7, 11) is 0. The number of hydrogen-bond donors (Lipinski definition) is 0. The van der Waals surface area contributed by atoms with Crippen molar-refractivity contribution >= 4 is 38.9 Å². The van der Waals surface area contributed by atoms with E-state index in [2.05, 4.69) is 264 Å². The van der Waals surface area contributed by atoms with Crippen molar-refractivity contribution in [3.8, 4) is 61.3 Å². The van der Waals surface area contributed by atoms with Crippen LogP contribution in [-0.4, -0.2) is 4.57 Å². The average Bonchev–Trinajstić information content (AvgIpc) is 3.69.